The van der Waals surface area contributed by atoms with Crippen molar-refractivity contribution in [2.75, 3.05) is 50.0 Å². The molecule has 2 aromatic heterocycles. The molecule has 0 unspecified atom stereocenters. The summed E-state index contributed by atoms with van der Waals surface area (Å²) in [7, 11) is 0. The van der Waals surface area contributed by atoms with Gasteiger partial charge in [-0.1, -0.05) is 18.2 Å². The molecule has 4 heterocycles. The van der Waals surface area contributed by atoms with Crippen LogP contribution in [0.25, 0.3) is 21.9 Å². The number of hydrogen-bond acceptors (Lipinski definition) is 7. The topological polar surface area (TPSA) is 111 Å². The maximum absolute atomic E-state index is 13.4. The van der Waals surface area contributed by atoms with Gasteiger partial charge in [0.25, 0.3) is 0 Å². The summed E-state index contributed by atoms with van der Waals surface area (Å²) in [6.45, 7) is 7.11. The fourth-order valence-electron chi connectivity index (χ4n) is 5.82. The van der Waals surface area contributed by atoms with E-state index in [1.165, 1.54) is 0 Å². The van der Waals surface area contributed by atoms with Gasteiger partial charge in [-0.25, -0.2) is 19.7 Å². The fourth-order valence-corrected chi connectivity index (χ4v) is 5.82. The van der Waals surface area contributed by atoms with Gasteiger partial charge in [-0.2, -0.15) is 0 Å². The van der Waals surface area contributed by atoms with Gasteiger partial charge in [-0.3, -0.25) is 4.90 Å². The lowest BCUT2D eigenvalue weighted by molar-refractivity contribution is 0.00420. The number of aryl methyl sites for hydroxylation is 1. The van der Waals surface area contributed by atoms with E-state index in [1.54, 1.807) is 0 Å². The molecular weight excluding hydrogens is 492 g/mol. The second kappa shape index (κ2) is 10.1. The zero-order chi connectivity index (χ0) is 26.3. The maximum atomic E-state index is 13.4. The number of carbonyl (C=O) groups excluding carboxylic acids is 1. The normalized spacial score (nSPS) is 19.1. The number of hydrogen-bond donors (Lipinski definition) is 3. The van der Waals surface area contributed by atoms with Crippen molar-refractivity contribution >= 4 is 45.3 Å². The molecule has 0 radical (unpaired) electrons. The van der Waals surface area contributed by atoms with Crippen molar-refractivity contribution < 1.29 is 9.53 Å². The minimum Gasteiger partial charge on any atom is -0.379 e. The highest BCUT2D eigenvalue weighted by Gasteiger charge is 2.30. The van der Waals surface area contributed by atoms with Crippen molar-refractivity contribution in [3.05, 3.63) is 47.9 Å². The van der Waals surface area contributed by atoms with Gasteiger partial charge in [0.05, 0.1) is 29.9 Å². The van der Waals surface area contributed by atoms with Crippen LogP contribution in [0.15, 0.2) is 36.5 Å². The van der Waals surface area contributed by atoms with Crippen LogP contribution in [-0.4, -0.2) is 81.2 Å². The summed E-state index contributed by atoms with van der Waals surface area (Å²) in [5.74, 6) is 1.98. The predicted molar refractivity (Wildman–Crippen MR) is 152 cm³/mol. The van der Waals surface area contributed by atoms with E-state index in [2.05, 4.69) is 25.5 Å². The average molecular weight is 527 g/mol. The molecule has 1 saturated carbocycles. The Balaban J connectivity index is 1.12. The number of nitrogens with zero attached hydrogens (tertiary/aromatic N) is 5. The van der Waals surface area contributed by atoms with Gasteiger partial charge in [0.1, 0.15) is 11.3 Å². The van der Waals surface area contributed by atoms with Crippen molar-refractivity contribution in [1.29, 1.82) is 0 Å². The Bertz CT molecular complexity index is 1520. The van der Waals surface area contributed by atoms with Crippen LogP contribution in [-0.2, 0) is 4.74 Å². The minimum absolute atomic E-state index is 0.0811. The molecule has 2 aromatic carbocycles. The number of aromatic amines is 1. The number of aromatic nitrogens is 4. The Kier molecular flexibility index (Phi) is 6.28. The summed E-state index contributed by atoms with van der Waals surface area (Å²) >= 11 is 0. The van der Waals surface area contributed by atoms with E-state index in [0.29, 0.717) is 23.6 Å². The number of amides is 2. The van der Waals surface area contributed by atoms with Gasteiger partial charge in [0, 0.05) is 55.4 Å². The highest BCUT2D eigenvalue weighted by molar-refractivity contribution is 6.01. The van der Waals surface area contributed by atoms with Crippen LogP contribution < -0.4 is 10.6 Å². The van der Waals surface area contributed by atoms with Crippen LogP contribution in [0, 0.1) is 6.92 Å². The molecule has 4 aromatic rings. The molecule has 0 spiro atoms. The molecule has 2 amide bonds. The molecule has 0 atom stereocenters. The quantitative estimate of drug-likeness (QED) is 0.344. The lowest BCUT2D eigenvalue weighted by atomic mass is 10.0. The van der Waals surface area contributed by atoms with Crippen LogP contribution in [0.2, 0.25) is 0 Å². The summed E-state index contributed by atoms with van der Waals surface area (Å²) in [5.41, 5.74) is 5.18. The number of ether oxygens (including phenoxy) is 1. The number of H-pyrrole nitrogens is 1. The smallest absolute Gasteiger partial charge is 0.321 e. The summed E-state index contributed by atoms with van der Waals surface area (Å²) in [6, 6.07) is 10.5. The number of piperidine rings is 1. The van der Waals surface area contributed by atoms with Gasteiger partial charge >= 0.3 is 6.03 Å². The summed E-state index contributed by atoms with van der Waals surface area (Å²) in [6.07, 6.45) is 6.10. The van der Waals surface area contributed by atoms with E-state index in [-0.39, 0.29) is 6.03 Å². The monoisotopic (exact) mass is 526 g/mol. The highest BCUT2D eigenvalue weighted by Crippen LogP contribution is 2.40. The van der Waals surface area contributed by atoms with Crippen molar-refractivity contribution in [1.82, 2.24) is 29.7 Å². The first-order valence-corrected chi connectivity index (χ1v) is 14.0. The van der Waals surface area contributed by atoms with Crippen LogP contribution in [0.5, 0.6) is 0 Å². The van der Waals surface area contributed by atoms with Crippen molar-refractivity contribution in [3.63, 3.8) is 0 Å². The number of rotatable bonds is 5. The molecule has 39 heavy (non-hydrogen) atoms. The summed E-state index contributed by atoms with van der Waals surface area (Å²) < 4.78 is 5.51. The van der Waals surface area contributed by atoms with Crippen molar-refractivity contribution in [2.45, 2.75) is 44.6 Å². The number of morpholine rings is 1. The fraction of sp³-hybridized carbons (Fsp3) is 0.448. The number of nitrogens with one attached hydrogen (secondary N) is 3. The van der Waals surface area contributed by atoms with Crippen LogP contribution >= 0.6 is 0 Å². The Labute approximate surface area is 227 Å². The van der Waals surface area contributed by atoms with Crippen molar-refractivity contribution in [3.8, 4) is 0 Å². The van der Waals surface area contributed by atoms with Crippen LogP contribution in [0.4, 0.5) is 22.1 Å². The molecular formula is C29H34N8O2. The molecule has 2 aliphatic heterocycles. The number of carbonyl (C=O) groups is 1. The summed E-state index contributed by atoms with van der Waals surface area (Å²) in [4.78, 5) is 35.5. The molecule has 3 N–H and O–H groups in total. The number of para-hydroxylation sites is 1. The van der Waals surface area contributed by atoms with E-state index < -0.39 is 0 Å². The lowest BCUT2D eigenvalue weighted by Crippen LogP contribution is -2.50. The zero-order valence-electron chi connectivity index (χ0n) is 22.2. The first-order valence-electron chi connectivity index (χ1n) is 14.0. The zero-order valence-corrected chi connectivity index (χ0v) is 22.2. The summed E-state index contributed by atoms with van der Waals surface area (Å²) in [5, 5.41) is 7.53. The molecule has 10 heteroatoms. The number of benzene rings is 2. The number of urea groups is 1. The third kappa shape index (κ3) is 5.02. The molecule has 7 rings (SSSR count). The van der Waals surface area contributed by atoms with Gasteiger partial charge in [-0.15, -0.1) is 0 Å². The number of fused-ring (bicyclic) bond motifs is 2. The maximum Gasteiger partial charge on any atom is 0.321 e. The number of imidazole rings is 1. The first-order chi connectivity index (χ1) is 19.1. The predicted octanol–water partition coefficient (Wildman–Crippen LogP) is 4.76. The number of likely N-dealkylation sites (tertiary alicyclic amines) is 1. The molecule has 3 fully saturated rings. The van der Waals surface area contributed by atoms with E-state index in [1.807, 2.05) is 48.4 Å². The first kappa shape index (κ1) is 24.3. The third-order valence-electron chi connectivity index (χ3n) is 8.19. The van der Waals surface area contributed by atoms with Gasteiger partial charge in [0.15, 0.2) is 0 Å². The Morgan fingerprint density at radius 2 is 1.85 bits per heavy atom. The Morgan fingerprint density at radius 1 is 1.03 bits per heavy atom. The Morgan fingerprint density at radius 3 is 2.64 bits per heavy atom. The standard InChI is InChI=1S/C29H34N8O2/c1-18-3-2-4-20-17-30-28(35-25(18)20)31-21-15-23-26(34-27(32-23)19-5-6-19)24(16-21)33-29(38)37-9-7-22(8-10-37)36-11-13-39-14-12-36/h2-4,15-17,19,22H,5-14H2,1H3,(H,32,34)(H,33,38)(H,30,31,35). The largest absolute Gasteiger partial charge is 0.379 e. The van der Waals surface area contributed by atoms with Crippen molar-refractivity contribution in [2.24, 2.45) is 0 Å². The van der Waals surface area contributed by atoms with E-state index in [4.69, 9.17) is 14.7 Å². The highest BCUT2D eigenvalue weighted by atomic mass is 16.5. The Hall–Kier alpha value is -3.76. The van der Waals surface area contributed by atoms with Gasteiger partial charge < -0.3 is 25.3 Å². The minimum atomic E-state index is -0.0811. The van der Waals surface area contributed by atoms with Gasteiger partial charge in [0.2, 0.25) is 5.95 Å². The van der Waals surface area contributed by atoms with Gasteiger partial charge in [-0.05, 0) is 50.3 Å². The molecule has 3 aliphatic rings. The lowest BCUT2D eigenvalue weighted by Gasteiger charge is -2.40. The van der Waals surface area contributed by atoms with E-state index in [0.717, 1.165) is 104 Å². The van der Waals surface area contributed by atoms with Crippen LogP contribution in [0.1, 0.15) is 43.0 Å². The molecule has 1 aliphatic carbocycles. The average Bonchev–Trinajstić information content (AvgIpc) is 3.73. The second-order valence-corrected chi connectivity index (χ2v) is 10.9. The second-order valence-electron chi connectivity index (χ2n) is 10.9. The van der Waals surface area contributed by atoms with Crippen LogP contribution in [0.3, 0.4) is 0 Å². The third-order valence-corrected chi connectivity index (χ3v) is 8.19. The van der Waals surface area contributed by atoms with E-state index >= 15 is 0 Å². The molecule has 202 valence electrons. The number of anilines is 3. The molecule has 10 nitrogen and oxygen atoms in total. The van der Waals surface area contributed by atoms with E-state index in [9.17, 15) is 4.79 Å². The SMILES string of the molecule is Cc1cccc2cnc(Nc3cc(NC(=O)N4CCC(N5CCOCC5)CC4)c4nc(C5CC5)[nH]c4c3)nc12. The molecule has 2 saturated heterocycles. The molecule has 0 bridgehead atoms.